The van der Waals surface area contributed by atoms with Crippen molar-refractivity contribution in [1.29, 1.82) is 0 Å². The molecule has 0 saturated carbocycles. The van der Waals surface area contributed by atoms with Crippen LogP contribution in [0.2, 0.25) is 0 Å². The quantitative estimate of drug-likeness (QED) is 0.667. The fraction of sp³-hybridized carbons (Fsp3) is 0.900. The molecule has 4 nitrogen and oxygen atoms in total. The summed E-state index contributed by atoms with van der Waals surface area (Å²) in [7, 11) is 1.81. The van der Waals surface area contributed by atoms with Crippen molar-refractivity contribution in [1.82, 2.24) is 4.90 Å². The summed E-state index contributed by atoms with van der Waals surface area (Å²) in [6.45, 7) is 6.56. The highest BCUT2D eigenvalue weighted by molar-refractivity contribution is 5.72. The van der Waals surface area contributed by atoms with Crippen LogP contribution in [0.5, 0.6) is 0 Å². The SMILES string of the molecule is CC(C)C(N)CCN(C)C(C)C(=O)O. The van der Waals surface area contributed by atoms with Gasteiger partial charge < -0.3 is 10.8 Å². The second-order valence-corrected chi connectivity index (χ2v) is 4.19. The first-order chi connectivity index (χ1) is 6.36. The van der Waals surface area contributed by atoms with Gasteiger partial charge in [-0.25, -0.2) is 0 Å². The van der Waals surface area contributed by atoms with Crippen LogP contribution in [0.25, 0.3) is 0 Å². The van der Waals surface area contributed by atoms with Crippen molar-refractivity contribution in [2.75, 3.05) is 13.6 Å². The van der Waals surface area contributed by atoms with Gasteiger partial charge in [-0.05, 0) is 26.3 Å². The number of carboxylic acid groups (broad SMARTS) is 1. The van der Waals surface area contributed by atoms with E-state index < -0.39 is 12.0 Å². The molecular weight excluding hydrogens is 180 g/mol. The molecule has 2 atom stereocenters. The number of carbonyl (C=O) groups is 1. The topological polar surface area (TPSA) is 66.6 Å². The molecule has 0 saturated heterocycles. The average molecular weight is 202 g/mol. The molecule has 14 heavy (non-hydrogen) atoms. The molecule has 0 aromatic rings. The highest BCUT2D eigenvalue weighted by Gasteiger charge is 2.17. The lowest BCUT2D eigenvalue weighted by Crippen LogP contribution is -2.39. The minimum atomic E-state index is -0.786. The van der Waals surface area contributed by atoms with Gasteiger partial charge in [0.25, 0.3) is 0 Å². The van der Waals surface area contributed by atoms with Crippen LogP contribution in [0.15, 0.2) is 0 Å². The molecule has 0 fully saturated rings. The standard InChI is InChI=1S/C10H22N2O2/c1-7(2)9(11)5-6-12(4)8(3)10(13)14/h7-9H,5-6,11H2,1-4H3,(H,13,14). The van der Waals surface area contributed by atoms with E-state index in [1.807, 2.05) is 11.9 Å². The number of rotatable bonds is 6. The number of nitrogens with zero attached hydrogens (tertiary/aromatic N) is 1. The first kappa shape index (κ1) is 13.4. The summed E-state index contributed by atoms with van der Waals surface area (Å²) in [5.41, 5.74) is 5.87. The summed E-state index contributed by atoms with van der Waals surface area (Å²) < 4.78 is 0. The Bertz CT molecular complexity index is 183. The fourth-order valence-corrected chi connectivity index (χ4v) is 1.07. The molecule has 0 aliphatic carbocycles. The van der Waals surface area contributed by atoms with Gasteiger partial charge in [0.1, 0.15) is 6.04 Å². The molecule has 0 amide bonds. The summed E-state index contributed by atoms with van der Waals surface area (Å²) in [6, 6.07) is -0.284. The van der Waals surface area contributed by atoms with Crippen molar-refractivity contribution in [2.45, 2.75) is 39.3 Å². The van der Waals surface area contributed by atoms with Crippen LogP contribution >= 0.6 is 0 Å². The number of aliphatic carboxylic acids is 1. The third-order valence-corrected chi connectivity index (χ3v) is 2.69. The first-order valence-corrected chi connectivity index (χ1v) is 5.05. The molecule has 0 aliphatic heterocycles. The Balaban J connectivity index is 3.84. The number of nitrogens with two attached hydrogens (primary N) is 1. The normalized spacial score (nSPS) is 15.9. The molecule has 0 spiro atoms. The third kappa shape index (κ3) is 4.58. The van der Waals surface area contributed by atoms with Gasteiger partial charge in [0.05, 0.1) is 0 Å². The summed E-state index contributed by atoms with van der Waals surface area (Å²) in [6.07, 6.45) is 0.839. The monoisotopic (exact) mass is 202 g/mol. The average Bonchev–Trinajstić information content (AvgIpc) is 2.11. The van der Waals surface area contributed by atoms with E-state index in [1.54, 1.807) is 6.92 Å². The van der Waals surface area contributed by atoms with Gasteiger partial charge in [-0.15, -0.1) is 0 Å². The van der Waals surface area contributed by atoms with Crippen molar-refractivity contribution < 1.29 is 9.90 Å². The minimum Gasteiger partial charge on any atom is -0.480 e. The van der Waals surface area contributed by atoms with E-state index in [2.05, 4.69) is 13.8 Å². The smallest absolute Gasteiger partial charge is 0.320 e. The van der Waals surface area contributed by atoms with Gasteiger partial charge in [0, 0.05) is 12.6 Å². The van der Waals surface area contributed by atoms with E-state index in [9.17, 15) is 4.79 Å². The lowest BCUT2D eigenvalue weighted by molar-refractivity contribution is -0.142. The third-order valence-electron chi connectivity index (χ3n) is 2.69. The summed E-state index contributed by atoms with van der Waals surface area (Å²) in [5, 5.41) is 8.75. The van der Waals surface area contributed by atoms with E-state index in [0.717, 1.165) is 13.0 Å². The van der Waals surface area contributed by atoms with Crippen LogP contribution < -0.4 is 5.73 Å². The molecule has 0 rings (SSSR count). The molecule has 0 aromatic heterocycles. The van der Waals surface area contributed by atoms with Crippen molar-refractivity contribution in [2.24, 2.45) is 11.7 Å². The molecule has 4 heteroatoms. The van der Waals surface area contributed by atoms with Crippen LogP contribution in [0, 0.1) is 5.92 Å². The van der Waals surface area contributed by atoms with Crippen LogP contribution in [0.3, 0.4) is 0 Å². The zero-order valence-electron chi connectivity index (χ0n) is 9.53. The van der Waals surface area contributed by atoms with Crippen LogP contribution in [-0.4, -0.2) is 41.7 Å². The molecule has 3 N–H and O–H groups in total. The Morgan fingerprint density at radius 3 is 2.29 bits per heavy atom. The maximum absolute atomic E-state index is 10.6. The van der Waals surface area contributed by atoms with Gasteiger partial charge >= 0.3 is 5.97 Å². The highest BCUT2D eigenvalue weighted by atomic mass is 16.4. The van der Waals surface area contributed by atoms with Gasteiger partial charge in [0.2, 0.25) is 0 Å². The fourth-order valence-electron chi connectivity index (χ4n) is 1.07. The minimum absolute atomic E-state index is 0.151. The predicted molar refractivity (Wildman–Crippen MR) is 57.2 cm³/mol. The zero-order chi connectivity index (χ0) is 11.3. The van der Waals surface area contributed by atoms with Gasteiger partial charge in [0.15, 0.2) is 0 Å². The predicted octanol–water partition coefficient (Wildman–Crippen LogP) is 0.765. The van der Waals surface area contributed by atoms with E-state index in [1.165, 1.54) is 0 Å². The number of hydrogen-bond donors (Lipinski definition) is 2. The van der Waals surface area contributed by atoms with Crippen molar-refractivity contribution in [3.05, 3.63) is 0 Å². The number of likely N-dealkylation sites (N-methyl/N-ethyl adjacent to an activating group) is 1. The van der Waals surface area contributed by atoms with Crippen LogP contribution in [-0.2, 0) is 4.79 Å². The molecule has 0 radical (unpaired) electrons. The number of carboxylic acids is 1. The molecule has 0 bridgehead atoms. The van der Waals surface area contributed by atoms with Crippen molar-refractivity contribution >= 4 is 5.97 Å². The van der Waals surface area contributed by atoms with E-state index >= 15 is 0 Å². The van der Waals surface area contributed by atoms with Crippen LogP contribution in [0.4, 0.5) is 0 Å². The second-order valence-electron chi connectivity index (χ2n) is 4.19. The van der Waals surface area contributed by atoms with E-state index in [0.29, 0.717) is 5.92 Å². The molecule has 2 unspecified atom stereocenters. The molecule has 84 valence electrons. The lowest BCUT2D eigenvalue weighted by atomic mass is 10.0. The van der Waals surface area contributed by atoms with Gasteiger partial charge in [-0.1, -0.05) is 13.8 Å². The largest absolute Gasteiger partial charge is 0.480 e. The van der Waals surface area contributed by atoms with Crippen LogP contribution in [0.1, 0.15) is 27.2 Å². The highest BCUT2D eigenvalue weighted by Crippen LogP contribution is 2.05. The molecule has 0 aromatic carbocycles. The summed E-state index contributed by atoms with van der Waals surface area (Å²) in [4.78, 5) is 12.5. The Kier molecular flexibility index (Phi) is 5.72. The molecular formula is C10H22N2O2. The lowest BCUT2D eigenvalue weighted by Gasteiger charge is -2.24. The van der Waals surface area contributed by atoms with Gasteiger partial charge in [-0.3, -0.25) is 9.69 Å². The van der Waals surface area contributed by atoms with E-state index in [-0.39, 0.29) is 6.04 Å². The molecule has 0 heterocycles. The van der Waals surface area contributed by atoms with Crippen molar-refractivity contribution in [3.8, 4) is 0 Å². The molecule has 0 aliphatic rings. The van der Waals surface area contributed by atoms with Crippen molar-refractivity contribution in [3.63, 3.8) is 0 Å². The summed E-state index contributed by atoms with van der Waals surface area (Å²) in [5.74, 6) is -0.339. The maximum Gasteiger partial charge on any atom is 0.320 e. The number of hydrogen-bond acceptors (Lipinski definition) is 3. The Morgan fingerprint density at radius 2 is 1.93 bits per heavy atom. The Labute approximate surface area is 86.1 Å². The maximum atomic E-state index is 10.6. The van der Waals surface area contributed by atoms with E-state index in [4.69, 9.17) is 10.8 Å². The Hall–Kier alpha value is -0.610. The second kappa shape index (κ2) is 5.98. The van der Waals surface area contributed by atoms with Gasteiger partial charge in [-0.2, -0.15) is 0 Å². The summed E-state index contributed by atoms with van der Waals surface area (Å²) >= 11 is 0. The Morgan fingerprint density at radius 1 is 1.43 bits per heavy atom. The first-order valence-electron chi connectivity index (χ1n) is 5.05. The zero-order valence-corrected chi connectivity index (χ0v) is 9.53.